The van der Waals surface area contributed by atoms with Crippen molar-refractivity contribution in [3.63, 3.8) is 0 Å². The van der Waals surface area contributed by atoms with E-state index in [1.807, 2.05) is 61.7 Å². The van der Waals surface area contributed by atoms with Crippen LogP contribution in [-0.4, -0.2) is 26.4 Å². The summed E-state index contributed by atoms with van der Waals surface area (Å²) >= 11 is 0. The van der Waals surface area contributed by atoms with Gasteiger partial charge in [-0.25, -0.2) is 0 Å². The molecule has 38 heavy (non-hydrogen) atoms. The fourth-order valence-electron chi connectivity index (χ4n) is 6.46. The molecule has 1 saturated heterocycles. The van der Waals surface area contributed by atoms with E-state index in [9.17, 15) is 15.5 Å². The molecule has 0 saturated carbocycles. The van der Waals surface area contributed by atoms with Gasteiger partial charge in [-0.05, 0) is 44.0 Å². The van der Waals surface area contributed by atoms with Gasteiger partial charge in [0.1, 0.15) is 11.4 Å². The van der Waals surface area contributed by atoms with Crippen LogP contribution in [0.3, 0.4) is 0 Å². The molecule has 7 heteroatoms. The molecule has 4 heterocycles. The van der Waals surface area contributed by atoms with Crippen LogP contribution < -0.4 is 4.74 Å². The zero-order valence-electron chi connectivity index (χ0n) is 20.8. The second-order valence-corrected chi connectivity index (χ2v) is 10.3. The van der Waals surface area contributed by atoms with Crippen molar-refractivity contribution in [2.24, 2.45) is 0 Å². The Morgan fingerprint density at radius 1 is 0.974 bits per heavy atom. The number of hydrogen-bond acceptors (Lipinski definition) is 6. The Bertz CT molecular complexity index is 1800. The van der Waals surface area contributed by atoms with Crippen molar-refractivity contribution < 1.29 is 19.7 Å². The zero-order chi connectivity index (χ0) is 26.1. The van der Waals surface area contributed by atoms with Crippen LogP contribution in [0.25, 0.3) is 27.2 Å². The van der Waals surface area contributed by atoms with Gasteiger partial charge in [0.15, 0.2) is 0 Å². The van der Waals surface area contributed by atoms with Gasteiger partial charge in [-0.15, -0.1) is 0 Å². The minimum atomic E-state index is -0.772. The van der Waals surface area contributed by atoms with Crippen LogP contribution in [0.15, 0.2) is 73.1 Å². The van der Waals surface area contributed by atoms with Gasteiger partial charge < -0.3 is 19.7 Å². The number of benzene rings is 3. The van der Waals surface area contributed by atoms with Crippen molar-refractivity contribution in [1.29, 1.82) is 5.26 Å². The molecule has 0 spiro atoms. The van der Waals surface area contributed by atoms with Crippen LogP contribution in [0.1, 0.15) is 42.9 Å². The Hall–Kier alpha value is -4.54. The molecule has 0 amide bonds. The fraction of sp³-hybridized carbons (Fsp3) is 0.226. The highest BCUT2D eigenvalue weighted by atomic mass is 16.5. The summed E-state index contributed by atoms with van der Waals surface area (Å²) in [5.41, 5.74) is 0.925. The average molecular weight is 504 g/mol. The van der Waals surface area contributed by atoms with Crippen LogP contribution in [-0.2, 0) is 15.9 Å². The van der Waals surface area contributed by atoms with E-state index in [-0.39, 0.29) is 11.8 Å². The minimum absolute atomic E-state index is 0.0288. The first-order valence-corrected chi connectivity index (χ1v) is 12.7. The third-order valence-corrected chi connectivity index (χ3v) is 8.20. The maximum Gasteiger partial charge on any atom is 0.205 e. The maximum atomic E-state index is 11.6. The molecule has 188 valence electrons. The van der Waals surface area contributed by atoms with E-state index in [4.69, 9.17) is 9.47 Å². The normalized spacial score (nSPS) is 21.6. The molecule has 2 aromatic heterocycles. The second kappa shape index (κ2) is 7.98. The molecule has 2 N–H and O–H groups in total. The molecule has 2 aliphatic rings. The molecule has 5 aromatic rings. The number of aromatic nitrogens is 2. The van der Waals surface area contributed by atoms with Crippen LogP contribution >= 0.6 is 0 Å². The topological polar surface area (TPSA) is 101 Å². The lowest BCUT2D eigenvalue weighted by molar-refractivity contribution is -0.0875. The summed E-state index contributed by atoms with van der Waals surface area (Å²) in [4.78, 5) is 4.19. The summed E-state index contributed by atoms with van der Waals surface area (Å²) < 4.78 is 14.3. The molecular formula is C31H25N3O4. The van der Waals surface area contributed by atoms with Gasteiger partial charge in [0.2, 0.25) is 11.8 Å². The van der Waals surface area contributed by atoms with Gasteiger partial charge >= 0.3 is 0 Å². The molecule has 7 rings (SSSR count). The van der Waals surface area contributed by atoms with Crippen LogP contribution in [0.5, 0.6) is 17.5 Å². The maximum absolute atomic E-state index is 11.6. The number of pyridine rings is 1. The summed E-state index contributed by atoms with van der Waals surface area (Å²) in [5, 5.41) is 36.3. The SMILES string of the molecule is C[C@@]12CC[C@@](CCOc3cccc4cnccc34)(O1)c1c2c(O)n(-c2ccc(C#N)c3ccccc23)c1O. The third-order valence-electron chi connectivity index (χ3n) is 8.20. The molecule has 2 bridgehead atoms. The third kappa shape index (κ3) is 3.01. The van der Waals surface area contributed by atoms with E-state index in [0.29, 0.717) is 41.8 Å². The molecule has 2 atom stereocenters. The Kier molecular flexibility index (Phi) is 4.75. The van der Waals surface area contributed by atoms with Gasteiger partial charge in [-0.3, -0.25) is 9.55 Å². The molecule has 3 aromatic carbocycles. The first-order valence-electron chi connectivity index (χ1n) is 12.7. The summed E-state index contributed by atoms with van der Waals surface area (Å²) in [6.45, 7) is 2.35. The van der Waals surface area contributed by atoms with Crippen molar-refractivity contribution >= 4 is 21.5 Å². The Morgan fingerprint density at radius 3 is 2.63 bits per heavy atom. The molecule has 0 radical (unpaired) electrons. The lowest BCUT2D eigenvalue weighted by Crippen LogP contribution is -2.25. The summed E-state index contributed by atoms with van der Waals surface area (Å²) in [6, 6.07) is 21.1. The second-order valence-electron chi connectivity index (χ2n) is 10.3. The summed E-state index contributed by atoms with van der Waals surface area (Å²) in [7, 11) is 0. The van der Waals surface area contributed by atoms with Gasteiger partial charge in [-0.1, -0.05) is 36.4 Å². The molecule has 0 unspecified atom stereocenters. The largest absolute Gasteiger partial charge is 0.494 e. The minimum Gasteiger partial charge on any atom is -0.494 e. The standard InChI is InChI=1S/C31H25N3O4/c1-30-12-13-31(38-30,14-16-37-25-8-4-5-20-18-33-15-11-22(20)25)27-26(30)28(35)34(29(27)36)24-10-9-19(17-32)21-6-2-3-7-23(21)24/h2-11,15,18,35-36H,12-14,16H2,1H3/t30-,31-/m0/s1. The Labute approximate surface area is 219 Å². The van der Waals surface area contributed by atoms with E-state index >= 15 is 0 Å². The zero-order valence-corrected chi connectivity index (χ0v) is 20.8. The number of nitriles is 1. The summed E-state index contributed by atoms with van der Waals surface area (Å²) in [5.74, 6) is 0.708. The summed E-state index contributed by atoms with van der Waals surface area (Å²) in [6.07, 6.45) is 5.52. The average Bonchev–Trinajstić information content (AvgIpc) is 3.52. The number of fused-ring (bicyclic) bond motifs is 7. The van der Waals surface area contributed by atoms with Crippen molar-refractivity contribution in [3.05, 3.63) is 89.7 Å². The highest BCUT2D eigenvalue weighted by molar-refractivity contribution is 5.95. The van der Waals surface area contributed by atoms with Crippen LogP contribution in [0.2, 0.25) is 0 Å². The quantitative estimate of drug-likeness (QED) is 0.298. The number of nitrogens with zero attached hydrogens (tertiary/aromatic N) is 3. The van der Waals surface area contributed by atoms with Gasteiger partial charge in [-0.2, -0.15) is 5.26 Å². The van der Waals surface area contributed by atoms with Crippen LogP contribution in [0.4, 0.5) is 0 Å². The molecule has 2 aliphatic heterocycles. The van der Waals surface area contributed by atoms with E-state index < -0.39 is 11.2 Å². The first kappa shape index (κ1) is 22.6. The van der Waals surface area contributed by atoms with E-state index in [1.54, 1.807) is 18.3 Å². The molecule has 7 nitrogen and oxygen atoms in total. The first-order chi connectivity index (χ1) is 18.5. The smallest absolute Gasteiger partial charge is 0.205 e. The van der Waals surface area contributed by atoms with E-state index in [0.717, 1.165) is 33.7 Å². The number of ether oxygens (including phenoxy) is 2. The van der Waals surface area contributed by atoms with Crippen molar-refractivity contribution in [2.75, 3.05) is 6.61 Å². The highest BCUT2D eigenvalue weighted by Gasteiger charge is 2.61. The Morgan fingerprint density at radius 2 is 1.79 bits per heavy atom. The van der Waals surface area contributed by atoms with Gasteiger partial charge in [0, 0.05) is 40.4 Å². The van der Waals surface area contributed by atoms with E-state index in [2.05, 4.69) is 11.1 Å². The predicted molar refractivity (Wildman–Crippen MR) is 143 cm³/mol. The lowest BCUT2D eigenvalue weighted by atomic mass is 9.78. The molecule has 0 aliphatic carbocycles. The molecule has 1 fully saturated rings. The lowest BCUT2D eigenvalue weighted by Gasteiger charge is -2.26. The van der Waals surface area contributed by atoms with Crippen LogP contribution in [0, 0.1) is 11.3 Å². The monoisotopic (exact) mass is 503 g/mol. The van der Waals surface area contributed by atoms with Crippen molar-refractivity contribution in [2.45, 2.75) is 37.4 Å². The van der Waals surface area contributed by atoms with Gasteiger partial charge in [0.25, 0.3) is 0 Å². The molecular weight excluding hydrogens is 478 g/mol. The Balaban J connectivity index is 1.29. The van der Waals surface area contributed by atoms with Crippen molar-refractivity contribution in [1.82, 2.24) is 9.55 Å². The fourth-order valence-corrected chi connectivity index (χ4v) is 6.46. The number of aromatic hydroxyl groups is 2. The number of rotatable bonds is 5. The number of hydrogen-bond donors (Lipinski definition) is 2. The van der Waals surface area contributed by atoms with Crippen molar-refractivity contribution in [3.8, 4) is 29.3 Å². The predicted octanol–water partition coefficient (Wildman–Crippen LogP) is 6.17. The van der Waals surface area contributed by atoms with Gasteiger partial charge in [0.05, 0.1) is 40.7 Å². The highest BCUT2D eigenvalue weighted by Crippen LogP contribution is 2.65. The van der Waals surface area contributed by atoms with E-state index in [1.165, 1.54) is 4.57 Å².